The number of fused-ring (bicyclic) bond motifs is 1. The summed E-state index contributed by atoms with van der Waals surface area (Å²) < 4.78 is 6.63. The number of hydrogen-bond acceptors (Lipinski definition) is 5. The van der Waals surface area contributed by atoms with Crippen LogP contribution in [0.4, 0.5) is 5.82 Å². The number of anilines is 1. The third kappa shape index (κ3) is 4.49. The van der Waals surface area contributed by atoms with Crippen molar-refractivity contribution < 1.29 is 14.3 Å². The van der Waals surface area contributed by atoms with Gasteiger partial charge in [0.2, 0.25) is 5.56 Å². The van der Waals surface area contributed by atoms with Crippen LogP contribution in [-0.4, -0.2) is 33.2 Å². The average molecular weight is 437 g/mol. The lowest BCUT2D eigenvalue weighted by Gasteiger charge is -2.08. The number of ether oxygens (including phenoxy) is 1. The lowest BCUT2D eigenvalue weighted by Crippen LogP contribution is -2.23. The van der Waals surface area contributed by atoms with Crippen LogP contribution >= 0.6 is 11.6 Å². The van der Waals surface area contributed by atoms with Crippen molar-refractivity contribution >= 4 is 40.2 Å². The second-order valence-electron chi connectivity index (χ2n) is 6.76. The van der Waals surface area contributed by atoms with Gasteiger partial charge in [0, 0.05) is 40.7 Å². The van der Waals surface area contributed by atoms with Crippen LogP contribution in [0.15, 0.2) is 65.5 Å². The van der Waals surface area contributed by atoms with E-state index >= 15 is 0 Å². The molecule has 2 aromatic heterocycles. The molecule has 4 rings (SSSR count). The van der Waals surface area contributed by atoms with Crippen molar-refractivity contribution in [2.45, 2.75) is 0 Å². The van der Waals surface area contributed by atoms with Crippen LogP contribution < -0.4 is 10.9 Å². The molecule has 2 N–H and O–H groups in total. The topological polar surface area (TPSA) is 106 Å². The highest BCUT2D eigenvalue weighted by Gasteiger charge is 2.16. The number of carbonyl (C=O) groups excluding carboxylic acids is 2. The molecule has 9 heteroatoms. The molecule has 0 saturated heterocycles. The van der Waals surface area contributed by atoms with Crippen molar-refractivity contribution in [1.29, 1.82) is 0 Å². The maximum Gasteiger partial charge on any atom is 0.339 e. The molecule has 2 heterocycles. The highest BCUT2D eigenvalue weighted by atomic mass is 35.5. The van der Waals surface area contributed by atoms with Crippen molar-refractivity contribution in [3.8, 4) is 11.3 Å². The van der Waals surface area contributed by atoms with E-state index in [0.717, 1.165) is 11.6 Å². The lowest BCUT2D eigenvalue weighted by molar-refractivity contribution is -0.119. The molecule has 0 atom stereocenters. The molecular formula is C22H17ClN4O4. The van der Waals surface area contributed by atoms with Gasteiger partial charge in [0.25, 0.3) is 5.91 Å². The molecule has 0 fully saturated rings. The Morgan fingerprint density at radius 1 is 1.13 bits per heavy atom. The number of pyridine rings is 1. The minimum absolute atomic E-state index is 0.0951. The molecule has 0 saturated carbocycles. The van der Waals surface area contributed by atoms with Gasteiger partial charge < -0.3 is 15.0 Å². The van der Waals surface area contributed by atoms with Crippen LogP contribution in [0.2, 0.25) is 5.02 Å². The fourth-order valence-electron chi connectivity index (χ4n) is 3.11. The van der Waals surface area contributed by atoms with Crippen LogP contribution in [0.1, 0.15) is 10.4 Å². The summed E-state index contributed by atoms with van der Waals surface area (Å²) in [5.74, 6) is -0.856. The number of halogens is 1. The summed E-state index contributed by atoms with van der Waals surface area (Å²) in [6.07, 6.45) is 0. The predicted octanol–water partition coefficient (Wildman–Crippen LogP) is 3.38. The first kappa shape index (κ1) is 20.4. The SMILES string of the molecule is Cn1nc(-c2ccc(Cl)cc2)cc1NC(=O)COC(=O)c1cc(=O)[nH]c2ccccc12. The molecule has 0 aliphatic carbocycles. The molecule has 0 aliphatic rings. The third-order valence-electron chi connectivity index (χ3n) is 4.59. The normalized spacial score (nSPS) is 10.8. The molecule has 0 radical (unpaired) electrons. The standard InChI is InChI=1S/C22H17ClN4O4/c1-27-19(11-18(26-27)13-6-8-14(23)9-7-13)25-21(29)12-31-22(30)16-10-20(28)24-17-5-3-2-4-15(16)17/h2-11H,12H2,1H3,(H,24,28)(H,25,29). The first-order chi connectivity index (χ1) is 14.9. The van der Waals surface area contributed by atoms with Gasteiger partial charge in [0.15, 0.2) is 6.61 Å². The van der Waals surface area contributed by atoms with E-state index in [1.807, 2.05) is 12.1 Å². The van der Waals surface area contributed by atoms with E-state index in [0.29, 0.717) is 27.4 Å². The molecule has 156 valence electrons. The van der Waals surface area contributed by atoms with E-state index in [2.05, 4.69) is 15.4 Å². The zero-order valence-corrected chi connectivity index (χ0v) is 17.1. The second kappa shape index (κ2) is 8.45. The minimum Gasteiger partial charge on any atom is -0.452 e. The Morgan fingerprint density at radius 2 is 1.87 bits per heavy atom. The fraction of sp³-hybridized carbons (Fsp3) is 0.0909. The van der Waals surface area contributed by atoms with Crippen molar-refractivity contribution in [3.05, 3.63) is 81.6 Å². The van der Waals surface area contributed by atoms with Gasteiger partial charge in [-0.25, -0.2) is 4.79 Å². The van der Waals surface area contributed by atoms with Crippen LogP contribution in [-0.2, 0) is 16.6 Å². The van der Waals surface area contributed by atoms with E-state index in [-0.39, 0.29) is 5.56 Å². The first-order valence-electron chi connectivity index (χ1n) is 9.30. The molecule has 0 spiro atoms. The number of hydrogen-bond donors (Lipinski definition) is 2. The Hall–Kier alpha value is -3.91. The highest BCUT2D eigenvalue weighted by Crippen LogP contribution is 2.23. The maximum atomic E-state index is 12.5. The van der Waals surface area contributed by atoms with Crippen LogP contribution in [0, 0.1) is 0 Å². The average Bonchev–Trinajstić information content (AvgIpc) is 3.12. The van der Waals surface area contributed by atoms with Crippen molar-refractivity contribution in [2.75, 3.05) is 11.9 Å². The fourth-order valence-corrected chi connectivity index (χ4v) is 3.23. The molecular weight excluding hydrogens is 420 g/mol. The largest absolute Gasteiger partial charge is 0.452 e. The molecule has 2 aromatic carbocycles. The number of esters is 1. The van der Waals surface area contributed by atoms with Gasteiger partial charge in [-0.15, -0.1) is 0 Å². The number of aromatic nitrogens is 3. The number of nitrogens with one attached hydrogen (secondary N) is 2. The second-order valence-corrected chi connectivity index (χ2v) is 7.20. The number of benzene rings is 2. The van der Waals surface area contributed by atoms with Gasteiger partial charge in [-0.3, -0.25) is 14.3 Å². The zero-order chi connectivity index (χ0) is 22.0. The van der Waals surface area contributed by atoms with Crippen molar-refractivity contribution in [1.82, 2.24) is 14.8 Å². The molecule has 8 nitrogen and oxygen atoms in total. The summed E-state index contributed by atoms with van der Waals surface area (Å²) in [5.41, 5.74) is 1.67. The van der Waals surface area contributed by atoms with Crippen molar-refractivity contribution in [3.63, 3.8) is 0 Å². The Bertz CT molecular complexity index is 1340. The number of rotatable bonds is 5. The molecule has 4 aromatic rings. The predicted molar refractivity (Wildman–Crippen MR) is 117 cm³/mol. The van der Waals surface area contributed by atoms with Gasteiger partial charge in [0.1, 0.15) is 5.82 Å². The Balaban J connectivity index is 1.44. The van der Waals surface area contributed by atoms with Crippen LogP contribution in [0.3, 0.4) is 0 Å². The van der Waals surface area contributed by atoms with E-state index < -0.39 is 24.0 Å². The maximum absolute atomic E-state index is 12.5. The summed E-state index contributed by atoms with van der Waals surface area (Å²) in [4.78, 5) is 39.2. The quantitative estimate of drug-likeness (QED) is 0.466. The summed E-state index contributed by atoms with van der Waals surface area (Å²) in [7, 11) is 1.68. The monoisotopic (exact) mass is 436 g/mol. The van der Waals surface area contributed by atoms with Crippen molar-refractivity contribution in [2.24, 2.45) is 7.05 Å². The van der Waals surface area contributed by atoms with Gasteiger partial charge in [0.05, 0.1) is 11.3 Å². The molecule has 0 aliphatic heterocycles. The molecule has 1 amide bonds. The highest BCUT2D eigenvalue weighted by molar-refractivity contribution is 6.30. The minimum atomic E-state index is -0.760. The number of para-hydroxylation sites is 1. The van der Waals surface area contributed by atoms with E-state index in [1.165, 1.54) is 4.68 Å². The molecule has 0 unspecified atom stereocenters. The molecule has 31 heavy (non-hydrogen) atoms. The number of nitrogens with zero attached hydrogens (tertiary/aromatic N) is 2. The van der Waals surface area contributed by atoms with Gasteiger partial charge >= 0.3 is 5.97 Å². The summed E-state index contributed by atoms with van der Waals surface area (Å²) in [5, 5.41) is 8.17. The molecule has 0 bridgehead atoms. The summed E-state index contributed by atoms with van der Waals surface area (Å²) in [6, 6.07) is 16.9. The van der Waals surface area contributed by atoms with Crippen LogP contribution in [0.5, 0.6) is 0 Å². The zero-order valence-electron chi connectivity index (χ0n) is 16.4. The van der Waals surface area contributed by atoms with Gasteiger partial charge in [-0.05, 0) is 18.2 Å². The smallest absolute Gasteiger partial charge is 0.339 e. The Labute approximate surface area is 181 Å². The summed E-state index contributed by atoms with van der Waals surface area (Å²) >= 11 is 5.91. The number of H-pyrrole nitrogens is 1. The number of amides is 1. The van der Waals surface area contributed by atoms with E-state index in [4.69, 9.17) is 16.3 Å². The Morgan fingerprint density at radius 3 is 2.65 bits per heavy atom. The summed E-state index contributed by atoms with van der Waals surface area (Å²) in [6.45, 7) is -0.512. The number of carbonyl (C=O) groups is 2. The number of aryl methyl sites for hydroxylation is 1. The lowest BCUT2D eigenvalue weighted by atomic mass is 10.1. The third-order valence-corrected chi connectivity index (χ3v) is 4.84. The van der Waals surface area contributed by atoms with Crippen LogP contribution in [0.25, 0.3) is 22.2 Å². The van der Waals surface area contributed by atoms with E-state index in [1.54, 1.807) is 49.5 Å². The first-order valence-corrected chi connectivity index (χ1v) is 9.67. The number of aromatic amines is 1. The van der Waals surface area contributed by atoms with E-state index in [9.17, 15) is 14.4 Å². The van der Waals surface area contributed by atoms with Gasteiger partial charge in [-0.1, -0.05) is 41.9 Å². The Kier molecular flexibility index (Phi) is 5.55. The van der Waals surface area contributed by atoms with Gasteiger partial charge in [-0.2, -0.15) is 5.10 Å².